The molecule has 2 heteroatoms. The Balaban J connectivity index is 2.51. The summed E-state index contributed by atoms with van der Waals surface area (Å²) >= 11 is 0. The van der Waals surface area contributed by atoms with Crippen LogP contribution in [0.1, 0.15) is 33.1 Å². The van der Waals surface area contributed by atoms with Crippen molar-refractivity contribution in [2.75, 3.05) is 0 Å². The van der Waals surface area contributed by atoms with Crippen molar-refractivity contribution in [2.45, 2.75) is 33.1 Å². The molecule has 0 heterocycles. The summed E-state index contributed by atoms with van der Waals surface area (Å²) in [5, 5.41) is 0. The molecule has 2 bridgehead atoms. The minimum Gasteiger partial charge on any atom is -0.302 e. The van der Waals surface area contributed by atoms with E-state index >= 15 is 0 Å². The fraction of sp³-hybridized carbons (Fsp3) is 0.667. The number of carbonyl (C=O) groups is 2. The van der Waals surface area contributed by atoms with Crippen molar-refractivity contribution >= 4 is 12.1 Å². The molecular formula is C12H16O2. The van der Waals surface area contributed by atoms with E-state index in [1.54, 1.807) is 6.92 Å². The molecule has 3 unspecified atom stereocenters. The third-order valence-corrected chi connectivity index (χ3v) is 4.20. The molecule has 0 aromatic rings. The fourth-order valence-corrected chi connectivity index (χ4v) is 3.01. The zero-order chi connectivity index (χ0) is 10.4. The summed E-state index contributed by atoms with van der Waals surface area (Å²) < 4.78 is 0. The molecule has 0 aromatic carbocycles. The topological polar surface area (TPSA) is 34.1 Å². The van der Waals surface area contributed by atoms with Crippen LogP contribution in [0.25, 0.3) is 0 Å². The molecule has 0 spiro atoms. The molecule has 0 saturated heterocycles. The monoisotopic (exact) mass is 192 g/mol. The van der Waals surface area contributed by atoms with Crippen molar-refractivity contribution < 1.29 is 9.59 Å². The lowest BCUT2D eigenvalue weighted by Gasteiger charge is -2.51. The second-order valence-corrected chi connectivity index (χ2v) is 4.92. The van der Waals surface area contributed by atoms with Gasteiger partial charge in [-0.1, -0.05) is 19.1 Å². The summed E-state index contributed by atoms with van der Waals surface area (Å²) in [5.74, 6) is 0.468. The zero-order valence-corrected chi connectivity index (χ0v) is 8.75. The van der Waals surface area contributed by atoms with Crippen LogP contribution >= 0.6 is 0 Å². The number of ketones is 1. The third-order valence-electron chi connectivity index (χ3n) is 4.20. The number of aldehydes is 1. The van der Waals surface area contributed by atoms with Crippen LogP contribution in [-0.2, 0) is 9.59 Å². The van der Waals surface area contributed by atoms with E-state index in [-0.39, 0.29) is 11.2 Å². The van der Waals surface area contributed by atoms with Crippen molar-refractivity contribution in [2.24, 2.45) is 16.7 Å². The maximum absolute atomic E-state index is 11.7. The standard InChI is InChI=1S/C12H16O2/c1-9(14)12(8-13)7-10-3-5-11(12,2)6-4-10/h3,5,8,10H,4,6-7H2,1-2H3. The predicted molar refractivity (Wildman–Crippen MR) is 53.8 cm³/mol. The highest BCUT2D eigenvalue weighted by atomic mass is 16.1. The van der Waals surface area contributed by atoms with Gasteiger partial charge in [0.1, 0.15) is 12.1 Å². The van der Waals surface area contributed by atoms with E-state index in [1.807, 2.05) is 6.92 Å². The van der Waals surface area contributed by atoms with Crippen LogP contribution in [0.5, 0.6) is 0 Å². The molecule has 76 valence electrons. The van der Waals surface area contributed by atoms with Gasteiger partial charge in [0.2, 0.25) is 0 Å². The summed E-state index contributed by atoms with van der Waals surface area (Å²) in [6.07, 6.45) is 7.96. The average molecular weight is 192 g/mol. The van der Waals surface area contributed by atoms with E-state index < -0.39 is 5.41 Å². The quantitative estimate of drug-likeness (QED) is 0.381. The zero-order valence-electron chi connectivity index (χ0n) is 8.75. The Labute approximate surface area is 84.4 Å². The second kappa shape index (κ2) is 2.78. The third kappa shape index (κ3) is 0.969. The molecule has 1 fully saturated rings. The summed E-state index contributed by atoms with van der Waals surface area (Å²) in [6, 6.07) is 0. The first-order valence-corrected chi connectivity index (χ1v) is 5.21. The fourth-order valence-electron chi connectivity index (χ4n) is 3.01. The Kier molecular flexibility index (Phi) is 1.91. The maximum atomic E-state index is 11.7. The van der Waals surface area contributed by atoms with Crippen LogP contribution in [0.2, 0.25) is 0 Å². The minimum atomic E-state index is -0.731. The number of Topliss-reactive ketones (excluding diaryl/α,β-unsaturated/α-hetero) is 1. The minimum absolute atomic E-state index is 0.0315. The number of hydrogen-bond donors (Lipinski definition) is 0. The van der Waals surface area contributed by atoms with Crippen LogP contribution < -0.4 is 0 Å². The molecule has 14 heavy (non-hydrogen) atoms. The van der Waals surface area contributed by atoms with E-state index in [4.69, 9.17) is 0 Å². The Bertz CT molecular complexity index is 318. The van der Waals surface area contributed by atoms with Gasteiger partial charge < -0.3 is 4.79 Å². The van der Waals surface area contributed by atoms with Gasteiger partial charge in [0, 0.05) is 5.41 Å². The van der Waals surface area contributed by atoms with Gasteiger partial charge >= 0.3 is 0 Å². The smallest absolute Gasteiger partial charge is 0.143 e. The number of fused-ring (bicyclic) bond motifs is 2. The highest BCUT2D eigenvalue weighted by Gasteiger charge is 2.55. The van der Waals surface area contributed by atoms with Crippen molar-refractivity contribution in [1.29, 1.82) is 0 Å². The van der Waals surface area contributed by atoms with Gasteiger partial charge in [-0.2, -0.15) is 0 Å². The molecule has 3 aliphatic carbocycles. The highest BCUT2D eigenvalue weighted by molar-refractivity contribution is 5.98. The lowest BCUT2D eigenvalue weighted by molar-refractivity contribution is -0.144. The first-order valence-electron chi connectivity index (χ1n) is 5.21. The number of allylic oxidation sites excluding steroid dienone is 2. The molecule has 0 N–H and O–H groups in total. The van der Waals surface area contributed by atoms with Crippen LogP contribution in [-0.4, -0.2) is 12.1 Å². The van der Waals surface area contributed by atoms with Gasteiger partial charge in [-0.3, -0.25) is 4.79 Å². The largest absolute Gasteiger partial charge is 0.302 e. The van der Waals surface area contributed by atoms with Gasteiger partial charge in [-0.15, -0.1) is 0 Å². The Morgan fingerprint density at radius 1 is 1.57 bits per heavy atom. The van der Waals surface area contributed by atoms with Gasteiger partial charge in [0.15, 0.2) is 0 Å². The van der Waals surface area contributed by atoms with E-state index in [1.165, 1.54) is 0 Å². The molecule has 3 rings (SSSR count). The predicted octanol–water partition coefficient (Wildman–Crippen LogP) is 2.14. The lowest BCUT2D eigenvalue weighted by atomic mass is 9.50. The number of hydrogen-bond acceptors (Lipinski definition) is 2. The summed E-state index contributed by atoms with van der Waals surface area (Å²) in [4.78, 5) is 22.9. The number of rotatable bonds is 2. The number of carbonyl (C=O) groups excluding carboxylic acids is 2. The van der Waals surface area contributed by atoms with Gasteiger partial charge in [-0.05, 0) is 32.1 Å². The molecule has 3 aliphatic rings. The van der Waals surface area contributed by atoms with Crippen LogP contribution in [0.15, 0.2) is 12.2 Å². The molecular weight excluding hydrogens is 176 g/mol. The maximum Gasteiger partial charge on any atom is 0.143 e. The van der Waals surface area contributed by atoms with Gasteiger partial charge in [-0.25, -0.2) is 0 Å². The highest BCUT2D eigenvalue weighted by Crippen LogP contribution is 2.56. The van der Waals surface area contributed by atoms with E-state index in [9.17, 15) is 9.59 Å². The molecule has 0 radical (unpaired) electrons. The first kappa shape index (κ1) is 9.63. The van der Waals surface area contributed by atoms with E-state index in [2.05, 4.69) is 12.2 Å². The van der Waals surface area contributed by atoms with E-state index in [0.717, 1.165) is 25.5 Å². The van der Waals surface area contributed by atoms with Crippen molar-refractivity contribution in [3.8, 4) is 0 Å². The van der Waals surface area contributed by atoms with Crippen LogP contribution in [0, 0.1) is 16.7 Å². The molecule has 0 aliphatic heterocycles. The summed E-state index contributed by atoms with van der Waals surface area (Å²) in [7, 11) is 0. The molecule has 0 amide bonds. The van der Waals surface area contributed by atoms with Crippen molar-refractivity contribution in [3.05, 3.63) is 12.2 Å². The normalized spacial score (nSPS) is 45.1. The SMILES string of the molecule is CC(=O)C1(C=O)CC2C=CC1(C)CC2. The molecule has 2 nitrogen and oxygen atoms in total. The van der Waals surface area contributed by atoms with Gasteiger partial charge in [0.05, 0.1) is 5.41 Å². The van der Waals surface area contributed by atoms with E-state index in [0.29, 0.717) is 5.92 Å². The first-order chi connectivity index (χ1) is 6.54. The van der Waals surface area contributed by atoms with Crippen LogP contribution in [0.4, 0.5) is 0 Å². The van der Waals surface area contributed by atoms with Crippen molar-refractivity contribution in [1.82, 2.24) is 0 Å². The molecule has 1 saturated carbocycles. The second-order valence-electron chi connectivity index (χ2n) is 4.92. The summed E-state index contributed by atoms with van der Waals surface area (Å²) in [5.41, 5.74) is -0.958. The Morgan fingerprint density at radius 2 is 2.29 bits per heavy atom. The van der Waals surface area contributed by atoms with Crippen molar-refractivity contribution in [3.63, 3.8) is 0 Å². The Morgan fingerprint density at radius 3 is 2.57 bits per heavy atom. The Hall–Kier alpha value is -0.920. The summed E-state index contributed by atoms with van der Waals surface area (Å²) in [6.45, 7) is 3.59. The molecule has 3 atom stereocenters. The molecule has 0 aromatic heterocycles. The van der Waals surface area contributed by atoms with Gasteiger partial charge in [0.25, 0.3) is 0 Å². The van der Waals surface area contributed by atoms with Crippen LogP contribution in [0.3, 0.4) is 0 Å². The average Bonchev–Trinajstić information content (AvgIpc) is 2.17. The lowest BCUT2D eigenvalue weighted by Crippen LogP contribution is -2.52.